The van der Waals surface area contributed by atoms with Crippen LogP contribution in [0.25, 0.3) is 0 Å². The first-order valence-electron chi connectivity index (χ1n) is 6.98. The standard InChI is InChI=1S/C16H24IN/c1-12(13-6-8-14(17)9-7-13)18-15-5-4-10-16(2,3)11-15/h6-9,12,15,18H,4-5,10-11H2,1-3H3. The predicted octanol–water partition coefficient (Wildman–Crippen LogP) is 4.91. The number of hydrogen-bond acceptors (Lipinski definition) is 1. The molecular weight excluding hydrogens is 333 g/mol. The number of rotatable bonds is 3. The molecule has 2 heteroatoms. The van der Waals surface area contributed by atoms with Crippen molar-refractivity contribution < 1.29 is 0 Å². The summed E-state index contributed by atoms with van der Waals surface area (Å²) in [5.74, 6) is 0. The molecule has 2 rings (SSSR count). The molecule has 0 radical (unpaired) electrons. The van der Waals surface area contributed by atoms with Crippen molar-refractivity contribution in [1.29, 1.82) is 0 Å². The molecule has 1 aromatic carbocycles. The lowest BCUT2D eigenvalue weighted by molar-refractivity contribution is 0.191. The number of nitrogens with one attached hydrogen (secondary N) is 1. The van der Waals surface area contributed by atoms with E-state index in [2.05, 4.69) is 72.9 Å². The molecule has 1 aliphatic rings. The van der Waals surface area contributed by atoms with Crippen molar-refractivity contribution in [1.82, 2.24) is 5.32 Å². The summed E-state index contributed by atoms with van der Waals surface area (Å²) >= 11 is 2.36. The van der Waals surface area contributed by atoms with Gasteiger partial charge in [0, 0.05) is 15.7 Å². The van der Waals surface area contributed by atoms with Crippen molar-refractivity contribution in [2.24, 2.45) is 5.41 Å². The molecule has 1 N–H and O–H groups in total. The van der Waals surface area contributed by atoms with Gasteiger partial charge in [0.25, 0.3) is 0 Å². The van der Waals surface area contributed by atoms with Crippen molar-refractivity contribution >= 4 is 22.6 Å². The van der Waals surface area contributed by atoms with E-state index in [1.807, 2.05) is 0 Å². The van der Waals surface area contributed by atoms with Gasteiger partial charge in [0.15, 0.2) is 0 Å². The molecule has 0 heterocycles. The molecule has 0 saturated heterocycles. The van der Waals surface area contributed by atoms with Crippen LogP contribution in [-0.4, -0.2) is 6.04 Å². The Hall–Kier alpha value is -0.0900. The van der Waals surface area contributed by atoms with Gasteiger partial charge in [0.2, 0.25) is 0 Å². The molecular formula is C16H24IN. The van der Waals surface area contributed by atoms with Crippen molar-refractivity contribution in [3.63, 3.8) is 0 Å². The molecule has 0 spiro atoms. The minimum absolute atomic E-state index is 0.459. The Kier molecular flexibility index (Phi) is 4.70. The van der Waals surface area contributed by atoms with Crippen LogP contribution in [0.4, 0.5) is 0 Å². The van der Waals surface area contributed by atoms with E-state index < -0.39 is 0 Å². The average Bonchev–Trinajstić information content (AvgIpc) is 2.28. The van der Waals surface area contributed by atoms with Crippen LogP contribution in [-0.2, 0) is 0 Å². The average molecular weight is 357 g/mol. The topological polar surface area (TPSA) is 12.0 Å². The Labute approximate surface area is 125 Å². The normalized spacial score (nSPS) is 24.8. The number of benzene rings is 1. The highest BCUT2D eigenvalue weighted by Gasteiger charge is 2.28. The predicted molar refractivity (Wildman–Crippen MR) is 86.7 cm³/mol. The van der Waals surface area contributed by atoms with Crippen LogP contribution in [0.2, 0.25) is 0 Å². The highest BCUT2D eigenvalue weighted by atomic mass is 127. The molecule has 100 valence electrons. The lowest BCUT2D eigenvalue weighted by atomic mass is 9.75. The minimum Gasteiger partial charge on any atom is -0.307 e. The number of hydrogen-bond donors (Lipinski definition) is 1. The fraction of sp³-hybridized carbons (Fsp3) is 0.625. The molecule has 1 fully saturated rings. The molecule has 1 aromatic rings. The molecule has 18 heavy (non-hydrogen) atoms. The molecule has 0 aliphatic heterocycles. The second kappa shape index (κ2) is 5.91. The monoisotopic (exact) mass is 357 g/mol. The van der Waals surface area contributed by atoms with Gasteiger partial charge in [-0.25, -0.2) is 0 Å². The summed E-state index contributed by atoms with van der Waals surface area (Å²) < 4.78 is 1.31. The quantitative estimate of drug-likeness (QED) is 0.758. The second-order valence-electron chi connectivity index (χ2n) is 6.40. The first kappa shape index (κ1) is 14.3. The van der Waals surface area contributed by atoms with Gasteiger partial charge in [0.1, 0.15) is 0 Å². The minimum atomic E-state index is 0.459. The Morgan fingerprint density at radius 1 is 1.28 bits per heavy atom. The lowest BCUT2D eigenvalue weighted by Crippen LogP contribution is -2.38. The molecule has 1 nitrogen and oxygen atoms in total. The van der Waals surface area contributed by atoms with Crippen LogP contribution in [0.5, 0.6) is 0 Å². The van der Waals surface area contributed by atoms with Crippen LogP contribution < -0.4 is 5.32 Å². The second-order valence-corrected chi connectivity index (χ2v) is 7.64. The zero-order valence-electron chi connectivity index (χ0n) is 11.7. The first-order chi connectivity index (χ1) is 8.46. The van der Waals surface area contributed by atoms with Crippen molar-refractivity contribution in [3.8, 4) is 0 Å². The molecule has 1 saturated carbocycles. The maximum absolute atomic E-state index is 3.81. The van der Waals surface area contributed by atoms with E-state index in [1.54, 1.807) is 0 Å². The Bertz CT molecular complexity index is 383. The Morgan fingerprint density at radius 2 is 1.94 bits per heavy atom. The van der Waals surface area contributed by atoms with E-state index in [4.69, 9.17) is 0 Å². The van der Waals surface area contributed by atoms with E-state index in [0.29, 0.717) is 17.5 Å². The summed E-state index contributed by atoms with van der Waals surface area (Å²) in [6, 6.07) is 10.0. The molecule has 2 unspecified atom stereocenters. The summed E-state index contributed by atoms with van der Waals surface area (Å²) in [6.45, 7) is 7.08. The van der Waals surface area contributed by atoms with Gasteiger partial charge in [0.05, 0.1) is 0 Å². The molecule has 2 atom stereocenters. The van der Waals surface area contributed by atoms with Gasteiger partial charge in [-0.3, -0.25) is 0 Å². The fourth-order valence-electron chi connectivity index (χ4n) is 3.04. The summed E-state index contributed by atoms with van der Waals surface area (Å²) in [6.07, 6.45) is 5.38. The van der Waals surface area contributed by atoms with Gasteiger partial charge in [-0.05, 0) is 71.9 Å². The number of halogens is 1. The lowest BCUT2D eigenvalue weighted by Gasteiger charge is -2.37. The maximum atomic E-state index is 3.81. The molecule has 0 aromatic heterocycles. The van der Waals surface area contributed by atoms with Gasteiger partial charge < -0.3 is 5.32 Å². The van der Waals surface area contributed by atoms with Gasteiger partial charge >= 0.3 is 0 Å². The summed E-state index contributed by atoms with van der Waals surface area (Å²) in [4.78, 5) is 0. The Morgan fingerprint density at radius 3 is 2.56 bits per heavy atom. The summed E-state index contributed by atoms with van der Waals surface area (Å²) in [7, 11) is 0. The SMILES string of the molecule is CC(NC1CCCC(C)(C)C1)c1ccc(I)cc1. The highest BCUT2D eigenvalue weighted by Crippen LogP contribution is 2.35. The van der Waals surface area contributed by atoms with Crippen molar-refractivity contribution in [2.75, 3.05) is 0 Å². The Balaban J connectivity index is 1.94. The fourth-order valence-corrected chi connectivity index (χ4v) is 3.40. The molecule has 1 aliphatic carbocycles. The third-order valence-electron chi connectivity index (χ3n) is 4.06. The van der Waals surface area contributed by atoms with Gasteiger partial charge in [-0.1, -0.05) is 32.4 Å². The zero-order valence-corrected chi connectivity index (χ0v) is 13.8. The first-order valence-corrected chi connectivity index (χ1v) is 8.06. The zero-order chi connectivity index (χ0) is 13.2. The van der Waals surface area contributed by atoms with Crippen LogP contribution in [0, 0.1) is 8.99 Å². The van der Waals surface area contributed by atoms with Crippen LogP contribution in [0.3, 0.4) is 0 Å². The summed E-state index contributed by atoms with van der Waals surface area (Å²) in [5.41, 5.74) is 1.92. The third-order valence-corrected chi connectivity index (χ3v) is 4.78. The summed E-state index contributed by atoms with van der Waals surface area (Å²) in [5, 5.41) is 3.81. The smallest absolute Gasteiger partial charge is 0.0294 e. The maximum Gasteiger partial charge on any atom is 0.0294 e. The molecule has 0 amide bonds. The van der Waals surface area contributed by atoms with Crippen LogP contribution >= 0.6 is 22.6 Å². The largest absolute Gasteiger partial charge is 0.307 e. The van der Waals surface area contributed by atoms with Crippen LogP contribution in [0.15, 0.2) is 24.3 Å². The van der Waals surface area contributed by atoms with E-state index in [1.165, 1.54) is 34.8 Å². The van der Waals surface area contributed by atoms with Crippen molar-refractivity contribution in [3.05, 3.63) is 33.4 Å². The van der Waals surface area contributed by atoms with Crippen LogP contribution in [0.1, 0.15) is 58.1 Å². The van der Waals surface area contributed by atoms with E-state index in [0.717, 1.165) is 0 Å². The van der Waals surface area contributed by atoms with E-state index >= 15 is 0 Å². The molecule has 0 bridgehead atoms. The van der Waals surface area contributed by atoms with E-state index in [-0.39, 0.29) is 0 Å². The van der Waals surface area contributed by atoms with Gasteiger partial charge in [-0.2, -0.15) is 0 Å². The van der Waals surface area contributed by atoms with Gasteiger partial charge in [-0.15, -0.1) is 0 Å². The van der Waals surface area contributed by atoms with Crippen molar-refractivity contribution in [2.45, 2.75) is 58.5 Å². The van der Waals surface area contributed by atoms with E-state index in [9.17, 15) is 0 Å². The third kappa shape index (κ3) is 3.95. The highest BCUT2D eigenvalue weighted by molar-refractivity contribution is 14.1.